The molecule has 1 heterocycles. The van der Waals surface area contributed by atoms with Crippen LogP contribution in [0.4, 0.5) is 0 Å². The molecule has 20 heavy (non-hydrogen) atoms. The number of nitrogens with one attached hydrogen (secondary N) is 1. The van der Waals surface area contributed by atoms with Gasteiger partial charge in [0.05, 0.1) is 18.5 Å². The van der Waals surface area contributed by atoms with Crippen molar-refractivity contribution in [2.24, 2.45) is 10.3 Å². The van der Waals surface area contributed by atoms with E-state index in [0.717, 1.165) is 17.0 Å². The summed E-state index contributed by atoms with van der Waals surface area (Å²) in [6.45, 7) is 3.30. The lowest BCUT2D eigenvalue weighted by Gasteiger charge is -2.19. The number of ether oxygens (including phenoxy) is 1. The van der Waals surface area contributed by atoms with E-state index in [1.54, 1.807) is 6.92 Å². The van der Waals surface area contributed by atoms with Crippen molar-refractivity contribution in [3.8, 4) is 0 Å². The predicted octanol–water partition coefficient (Wildman–Crippen LogP) is 0.0588. The Morgan fingerprint density at radius 3 is 2.60 bits per heavy atom. The highest BCUT2D eigenvalue weighted by Gasteiger charge is 2.17. The third-order valence-electron chi connectivity index (χ3n) is 2.56. The van der Waals surface area contributed by atoms with Crippen LogP contribution < -0.4 is 11.2 Å². The Labute approximate surface area is 113 Å². The minimum atomic E-state index is -1.05. The summed E-state index contributed by atoms with van der Waals surface area (Å²) in [7, 11) is 0. The van der Waals surface area contributed by atoms with Crippen molar-refractivity contribution in [1.29, 1.82) is 0 Å². The number of aryl methyl sites for hydroxylation is 1. The molecule has 110 valence electrons. The fourth-order valence-corrected chi connectivity index (χ4v) is 1.49. The van der Waals surface area contributed by atoms with Gasteiger partial charge < -0.3 is 15.2 Å². The SMILES string of the molecule is CC[C@H](/C=N\O)O[C@H](/C=N\O)n1cc(C)c(=O)[nH]c1=O. The van der Waals surface area contributed by atoms with Crippen LogP contribution in [0.2, 0.25) is 0 Å². The zero-order chi connectivity index (χ0) is 15.1. The third kappa shape index (κ3) is 3.79. The molecule has 0 bridgehead atoms. The normalized spacial score (nSPS) is 14.9. The zero-order valence-corrected chi connectivity index (χ0v) is 11.1. The molecule has 1 aromatic heterocycles. The van der Waals surface area contributed by atoms with Crippen LogP contribution in [0.3, 0.4) is 0 Å². The van der Waals surface area contributed by atoms with Gasteiger partial charge in [-0.15, -0.1) is 0 Å². The van der Waals surface area contributed by atoms with E-state index in [1.807, 2.05) is 0 Å². The molecule has 0 saturated heterocycles. The molecule has 9 nitrogen and oxygen atoms in total. The largest absolute Gasteiger partial charge is 0.411 e. The Morgan fingerprint density at radius 1 is 1.40 bits per heavy atom. The summed E-state index contributed by atoms with van der Waals surface area (Å²) in [6, 6.07) is 0. The van der Waals surface area contributed by atoms with Crippen LogP contribution in [-0.4, -0.2) is 38.5 Å². The fraction of sp³-hybridized carbons (Fsp3) is 0.455. The molecule has 1 aromatic rings. The first-order valence-electron chi connectivity index (χ1n) is 5.86. The number of oxime groups is 2. The van der Waals surface area contributed by atoms with Crippen LogP contribution >= 0.6 is 0 Å². The summed E-state index contributed by atoms with van der Waals surface area (Å²) in [5, 5.41) is 22.9. The number of aromatic amines is 1. The van der Waals surface area contributed by atoms with Crippen LogP contribution in [0, 0.1) is 6.92 Å². The van der Waals surface area contributed by atoms with Gasteiger partial charge in [0.2, 0.25) is 0 Å². The van der Waals surface area contributed by atoms with Crippen LogP contribution in [-0.2, 0) is 4.74 Å². The number of aromatic nitrogens is 2. The van der Waals surface area contributed by atoms with Gasteiger partial charge in [0.25, 0.3) is 5.56 Å². The van der Waals surface area contributed by atoms with Gasteiger partial charge in [-0.05, 0) is 13.3 Å². The van der Waals surface area contributed by atoms with E-state index >= 15 is 0 Å². The van der Waals surface area contributed by atoms with Crippen molar-refractivity contribution >= 4 is 12.4 Å². The van der Waals surface area contributed by atoms with Gasteiger partial charge in [0.1, 0.15) is 0 Å². The van der Waals surface area contributed by atoms with Crippen LogP contribution in [0.1, 0.15) is 25.1 Å². The standard InChI is InChI=1S/C11H16N4O5/c1-3-8(4-12-18)20-9(5-13-19)15-6-7(2)10(16)14-11(15)17/h4-6,8-9,18-19H,3H2,1-2H3,(H,14,16,17)/b12-4-,13-5-/t8-,9-/m1/s1. The highest BCUT2D eigenvalue weighted by molar-refractivity contribution is 5.64. The van der Waals surface area contributed by atoms with Crippen molar-refractivity contribution in [3.05, 3.63) is 32.6 Å². The Hall–Kier alpha value is -2.42. The van der Waals surface area contributed by atoms with E-state index in [0.29, 0.717) is 12.0 Å². The maximum absolute atomic E-state index is 11.7. The van der Waals surface area contributed by atoms with E-state index in [4.69, 9.17) is 15.2 Å². The van der Waals surface area contributed by atoms with Gasteiger partial charge in [-0.25, -0.2) is 4.79 Å². The molecule has 1 rings (SSSR count). The van der Waals surface area contributed by atoms with Gasteiger partial charge in [-0.1, -0.05) is 17.2 Å². The van der Waals surface area contributed by atoms with E-state index in [9.17, 15) is 9.59 Å². The van der Waals surface area contributed by atoms with Crippen molar-refractivity contribution in [1.82, 2.24) is 9.55 Å². The second-order valence-corrected chi connectivity index (χ2v) is 3.98. The number of rotatable bonds is 6. The fourth-order valence-electron chi connectivity index (χ4n) is 1.49. The molecule has 0 aliphatic carbocycles. The number of H-pyrrole nitrogens is 1. The molecule has 9 heteroatoms. The third-order valence-corrected chi connectivity index (χ3v) is 2.56. The van der Waals surface area contributed by atoms with E-state index in [-0.39, 0.29) is 0 Å². The smallest absolute Gasteiger partial charge is 0.330 e. The topological polar surface area (TPSA) is 129 Å². The summed E-state index contributed by atoms with van der Waals surface area (Å²) >= 11 is 0. The number of hydrogen-bond donors (Lipinski definition) is 3. The van der Waals surface area contributed by atoms with Crippen LogP contribution in [0.15, 0.2) is 26.1 Å². The first-order valence-corrected chi connectivity index (χ1v) is 5.86. The van der Waals surface area contributed by atoms with Crippen molar-refractivity contribution in [2.75, 3.05) is 0 Å². The Morgan fingerprint density at radius 2 is 2.05 bits per heavy atom. The molecule has 2 atom stereocenters. The average Bonchev–Trinajstić information content (AvgIpc) is 2.41. The molecule has 0 aromatic carbocycles. The monoisotopic (exact) mass is 284 g/mol. The highest BCUT2D eigenvalue weighted by Crippen LogP contribution is 2.08. The molecule has 0 saturated carbocycles. The lowest BCUT2D eigenvalue weighted by molar-refractivity contribution is 0.0201. The van der Waals surface area contributed by atoms with Crippen molar-refractivity contribution < 1.29 is 15.2 Å². The molecule has 0 radical (unpaired) electrons. The summed E-state index contributed by atoms with van der Waals surface area (Å²) < 4.78 is 6.52. The van der Waals surface area contributed by atoms with Crippen molar-refractivity contribution in [2.45, 2.75) is 32.6 Å². The predicted molar refractivity (Wildman–Crippen MR) is 70.8 cm³/mol. The zero-order valence-electron chi connectivity index (χ0n) is 11.1. The van der Waals surface area contributed by atoms with E-state index < -0.39 is 23.6 Å². The Balaban J connectivity index is 3.17. The van der Waals surface area contributed by atoms with Gasteiger partial charge in [0.15, 0.2) is 6.23 Å². The maximum Gasteiger partial charge on any atom is 0.330 e. The Kier molecular flexibility index (Phi) is 5.66. The van der Waals surface area contributed by atoms with Gasteiger partial charge in [0, 0.05) is 11.8 Å². The van der Waals surface area contributed by atoms with Crippen LogP contribution in [0.25, 0.3) is 0 Å². The molecule has 0 unspecified atom stereocenters. The van der Waals surface area contributed by atoms with E-state index in [2.05, 4.69) is 15.3 Å². The van der Waals surface area contributed by atoms with Crippen molar-refractivity contribution in [3.63, 3.8) is 0 Å². The molecule has 0 aliphatic rings. The van der Waals surface area contributed by atoms with Crippen LogP contribution in [0.5, 0.6) is 0 Å². The molecular weight excluding hydrogens is 268 g/mol. The van der Waals surface area contributed by atoms with E-state index in [1.165, 1.54) is 13.1 Å². The van der Waals surface area contributed by atoms with Gasteiger partial charge in [-0.2, -0.15) is 0 Å². The molecule has 0 amide bonds. The Bertz CT molecular complexity index is 604. The minimum absolute atomic E-state index is 0.299. The molecule has 0 fully saturated rings. The number of nitrogens with zero attached hydrogens (tertiary/aromatic N) is 3. The quantitative estimate of drug-likeness (QED) is 0.386. The molecule has 0 spiro atoms. The summed E-state index contributed by atoms with van der Waals surface area (Å²) in [5.41, 5.74) is -0.912. The lowest BCUT2D eigenvalue weighted by Crippen LogP contribution is -2.36. The second kappa shape index (κ2) is 7.24. The summed E-state index contributed by atoms with van der Waals surface area (Å²) in [6.07, 6.45) is 2.23. The van der Waals surface area contributed by atoms with Gasteiger partial charge >= 0.3 is 5.69 Å². The molecule has 3 N–H and O–H groups in total. The summed E-state index contributed by atoms with van der Waals surface area (Å²) in [4.78, 5) is 25.2. The summed E-state index contributed by atoms with van der Waals surface area (Å²) in [5.74, 6) is 0. The van der Waals surface area contributed by atoms with Gasteiger partial charge in [-0.3, -0.25) is 14.3 Å². The average molecular weight is 284 g/mol. The maximum atomic E-state index is 11.7. The first kappa shape index (κ1) is 15.6. The molecular formula is C11H16N4O5. The lowest BCUT2D eigenvalue weighted by atomic mass is 10.3. The minimum Gasteiger partial charge on any atom is -0.411 e. The molecule has 0 aliphatic heterocycles. The second-order valence-electron chi connectivity index (χ2n) is 3.98. The highest BCUT2D eigenvalue weighted by atomic mass is 16.5. The first-order chi connectivity index (χ1) is 9.53. The number of hydrogen-bond acceptors (Lipinski definition) is 7.